The van der Waals surface area contributed by atoms with Crippen LogP contribution in [0.3, 0.4) is 0 Å². The molecule has 0 aliphatic rings. The Labute approximate surface area is 129 Å². The minimum atomic E-state index is -0.411. The molecule has 0 bridgehead atoms. The number of hydrogen-bond donors (Lipinski definition) is 1. The number of ether oxygens (including phenoxy) is 2. The average molecular weight is 294 g/mol. The molecule has 0 saturated carbocycles. The predicted molar refractivity (Wildman–Crippen MR) is 88.1 cm³/mol. The van der Waals surface area contributed by atoms with Crippen molar-refractivity contribution >= 4 is 0 Å². The van der Waals surface area contributed by atoms with Crippen molar-refractivity contribution in [3.63, 3.8) is 0 Å². The summed E-state index contributed by atoms with van der Waals surface area (Å²) in [6.45, 7) is 10.7. The van der Waals surface area contributed by atoms with Gasteiger partial charge in [0.15, 0.2) is 11.5 Å². The van der Waals surface area contributed by atoms with E-state index in [0.717, 1.165) is 36.6 Å². The highest BCUT2D eigenvalue weighted by Crippen LogP contribution is 2.35. The van der Waals surface area contributed by atoms with E-state index in [1.165, 1.54) is 0 Å². The van der Waals surface area contributed by atoms with Crippen molar-refractivity contribution in [2.45, 2.75) is 45.7 Å². The van der Waals surface area contributed by atoms with Crippen molar-refractivity contribution in [1.29, 1.82) is 0 Å². The zero-order valence-corrected chi connectivity index (χ0v) is 14.3. The van der Waals surface area contributed by atoms with Crippen molar-refractivity contribution < 1.29 is 9.47 Å². The smallest absolute Gasteiger partial charge is 0.161 e. The molecular weight excluding hydrogens is 264 g/mol. The number of rotatable bonds is 8. The third kappa shape index (κ3) is 3.50. The summed E-state index contributed by atoms with van der Waals surface area (Å²) in [6, 6.07) is 6.23. The first-order valence-electron chi connectivity index (χ1n) is 7.73. The number of benzene rings is 1. The van der Waals surface area contributed by atoms with Crippen LogP contribution in [0.2, 0.25) is 0 Å². The second-order valence-electron chi connectivity index (χ2n) is 5.36. The first-order chi connectivity index (χ1) is 9.98. The number of hydrogen-bond acceptors (Lipinski definition) is 4. The normalized spacial score (nSPS) is 15.6. The summed E-state index contributed by atoms with van der Waals surface area (Å²) in [5.41, 5.74) is 7.47. The van der Waals surface area contributed by atoms with Crippen molar-refractivity contribution in [2.75, 3.05) is 27.3 Å². The lowest BCUT2D eigenvalue weighted by Crippen LogP contribution is -2.54. The Kier molecular flexibility index (Phi) is 6.49. The summed E-state index contributed by atoms with van der Waals surface area (Å²) < 4.78 is 10.7. The highest BCUT2D eigenvalue weighted by atomic mass is 16.5. The number of nitrogens with two attached hydrogens (primary N) is 1. The second-order valence-corrected chi connectivity index (χ2v) is 5.36. The fraction of sp³-hybridized carbons (Fsp3) is 0.647. The van der Waals surface area contributed by atoms with E-state index in [2.05, 4.69) is 32.6 Å². The van der Waals surface area contributed by atoms with Gasteiger partial charge in [-0.15, -0.1) is 0 Å². The summed E-state index contributed by atoms with van der Waals surface area (Å²) >= 11 is 0. The molecule has 0 amide bonds. The monoisotopic (exact) mass is 294 g/mol. The zero-order valence-electron chi connectivity index (χ0n) is 14.3. The molecule has 2 N–H and O–H groups in total. The van der Waals surface area contributed by atoms with Gasteiger partial charge in [-0.05, 0) is 44.1 Å². The van der Waals surface area contributed by atoms with Crippen molar-refractivity contribution in [1.82, 2.24) is 4.90 Å². The maximum atomic E-state index is 6.79. The lowest BCUT2D eigenvalue weighted by Gasteiger charge is -2.41. The van der Waals surface area contributed by atoms with Crippen molar-refractivity contribution in [2.24, 2.45) is 5.73 Å². The first-order valence-corrected chi connectivity index (χ1v) is 7.73. The Balaban J connectivity index is 3.24. The topological polar surface area (TPSA) is 47.7 Å². The zero-order chi connectivity index (χ0) is 16.0. The van der Waals surface area contributed by atoms with Gasteiger partial charge in [0.05, 0.1) is 19.8 Å². The lowest BCUT2D eigenvalue weighted by atomic mass is 9.81. The molecule has 0 spiro atoms. The van der Waals surface area contributed by atoms with Crippen molar-refractivity contribution in [3.8, 4) is 11.5 Å². The predicted octanol–water partition coefficient (Wildman–Crippen LogP) is 3.00. The van der Waals surface area contributed by atoms with Crippen LogP contribution in [0.5, 0.6) is 11.5 Å². The van der Waals surface area contributed by atoms with E-state index in [0.29, 0.717) is 0 Å². The minimum Gasteiger partial charge on any atom is -0.493 e. The van der Waals surface area contributed by atoms with Gasteiger partial charge in [0.25, 0.3) is 0 Å². The third-order valence-electron chi connectivity index (χ3n) is 4.61. The summed E-state index contributed by atoms with van der Waals surface area (Å²) in [4.78, 5) is 2.39. The van der Waals surface area contributed by atoms with Crippen LogP contribution in [0.25, 0.3) is 0 Å². The fourth-order valence-electron chi connectivity index (χ4n) is 2.96. The summed E-state index contributed by atoms with van der Waals surface area (Å²) in [5, 5.41) is 0. The molecule has 0 heterocycles. The highest BCUT2D eigenvalue weighted by Gasteiger charge is 2.35. The summed E-state index contributed by atoms with van der Waals surface area (Å²) in [5.74, 6) is 1.46. The van der Waals surface area contributed by atoms with Gasteiger partial charge in [-0.2, -0.15) is 0 Å². The van der Waals surface area contributed by atoms with E-state index >= 15 is 0 Å². The largest absolute Gasteiger partial charge is 0.493 e. The molecule has 21 heavy (non-hydrogen) atoms. The van der Waals surface area contributed by atoms with Crippen molar-refractivity contribution in [3.05, 3.63) is 23.8 Å². The van der Waals surface area contributed by atoms with E-state index in [-0.39, 0.29) is 6.04 Å². The minimum absolute atomic E-state index is 0.246. The van der Waals surface area contributed by atoms with Crippen LogP contribution < -0.4 is 15.2 Å². The molecule has 0 saturated heterocycles. The van der Waals surface area contributed by atoms with E-state index < -0.39 is 5.54 Å². The van der Waals surface area contributed by atoms with E-state index in [1.807, 2.05) is 18.2 Å². The Hall–Kier alpha value is -1.26. The summed E-state index contributed by atoms with van der Waals surface area (Å²) in [6.07, 6.45) is 0.861. The van der Waals surface area contributed by atoms with E-state index in [9.17, 15) is 0 Å². The maximum absolute atomic E-state index is 6.79. The van der Waals surface area contributed by atoms with Gasteiger partial charge in [-0.3, -0.25) is 4.90 Å². The Morgan fingerprint density at radius 2 is 1.67 bits per heavy atom. The van der Waals surface area contributed by atoms with Gasteiger partial charge < -0.3 is 15.2 Å². The second kappa shape index (κ2) is 7.66. The van der Waals surface area contributed by atoms with Crippen LogP contribution in [-0.4, -0.2) is 38.3 Å². The van der Waals surface area contributed by atoms with Crippen LogP contribution in [0.1, 0.15) is 39.7 Å². The number of likely N-dealkylation sites (N-methyl/N-ethyl adjacent to an activating group) is 1. The first kappa shape index (κ1) is 17.8. The van der Waals surface area contributed by atoms with Crippen LogP contribution in [0.4, 0.5) is 0 Å². The molecule has 2 atom stereocenters. The fourth-order valence-corrected chi connectivity index (χ4v) is 2.96. The Morgan fingerprint density at radius 1 is 1.10 bits per heavy atom. The molecule has 120 valence electrons. The average Bonchev–Trinajstić information content (AvgIpc) is 2.54. The third-order valence-corrected chi connectivity index (χ3v) is 4.61. The lowest BCUT2D eigenvalue weighted by molar-refractivity contribution is 0.139. The molecule has 1 aromatic rings. The molecule has 0 aliphatic carbocycles. The standard InChI is InChI=1S/C17H30N2O2/c1-7-17(18,13(4)19(8-2)9-3)14-10-11-15(20-5)16(12-14)21-6/h10-13H,7-9,18H2,1-6H3. The molecule has 0 radical (unpaired) electrons. The van der Waals surface area contributed by atoms with Gasteiger partial charge in [0.1, 0.15) is 0 Å². The van der Waals surface area contributed by atoms with Gasteiger partial charge in [-0.1, -0.05) is 26.8 Å². The van der Waals surface area contributed by atoms with Gasteiger partial charge >= 0.3 is 0 Å². The molecule has 1 rings (SSSR count). The van der Waals surface area contributed by atoms with Gasteiger partial charge in [0, 0.05) is 6.04 Å². The SMILES string of the molecule is CCN(CC)C(C)C(N)(CC)c1ccc(OC)c(OC)c1. The molecule has 0 aliphatic heterocycles. The molecule has 0 fully saturated rings. The molecule has 4 nitrogen and oxygen atoms in total. The molecular formula is C17H30N2O2. The van der Waals surface area contributed by atoms with Gasteiger partial charge in [0.2, 0.25) is 0 Å². The summed E-state index contributed by atoms with van der Waals surface area (Å²) in [7, 11) is 3.30. The Morgan fingerprint density at radius 3 is 2.10 bits per heavy atom. The quantitative estimate of drug-likeness (QED) is 0.800. The van der Waals surface area contributed by atoms with Gasteiger partial charge in [-0.25, -0.2) is 0 Å². The van der Waals surface area contributed by atoms with E-state index in [1.54, 1.807) is 14.2 Å². The van der Waals surface area contributed by atoms with Crippen LogP contribution in [0.15, 0.2) is 18.2 Å². The molecule has 0 aromatic heterocycles. The molecule has 2 unspecified atom stereocenters. The maximum Gasteiger partial charge on any atom is 0.161 e. The van der Waals surface area contributed by atoms with Crippen LogP contribution in [0, 0.1) is 0 Å². The van der Waals surface area contributed by atoms with Crippen LogP contribution >= 0.6 is 0 Å². The molecule has 4 heteroatoms. The number of nitrogens with zero attached hydrogens (tertiary/aromatic N) is 1. The van der Waals surface area contributed by atoms with E-state index in [4.69, 9.17) is 15.2 Å². The molecule has 1 aromatic carbocycles. The highest BCUT2D eigenvalue weighted by molar-refractivity contribution is 5.45. The Bertz CT molecular complexity index is 446. The van der Waals surface area contributed by atoms with Crippen LogP contribution in [-0.2, 0) is 5.54 Å². The number of methoxy groups -OCH3 is 2.